The van der Waals surface area contributed by atoms with E-state index in [9.17, 15) is 10.2 Å². The Hall–Kier alpha value is -2.05. The van der Waals surface area contributed by atoms with Crippen LogP contribution in [0.1, 0.15) is 18.4 Å². The lowest BCUT2D eigenvalue weighted by molar-refractivity contribution is -0.0372. The van der Waals surface area contributed by atoms with Crippen LogP contribution in [-0.4, -0.2) is 54.7 Å². The van der Waals surface area contributed by atoms with Gasteiger partial charge in [0.1, 0.15) is 22.8 Å². The van der Waals surface area contributed by atoms with Gasteiger partial charge in [0.25, 0.3) is 0 Å². The van der Waals surface area contributed by atoms with Crippen molar-refractivity contribution in [1.29, 1.82) is 0 Å². The molecule has 2 aliphatic rings. The molecule has 0 unspecified atom stereocenters. The molecule has 0 radical (unpaired) electrons. The zero-order valence-corrected chi connectivity index (χ0v) is 15.5. The minimum absolute atomic E-state index is 0.401. The van der Waals surface area contributed by atoms with Crippen molar-refractivity contribution in [3.63, 3.8) is 0 Å². The molecular formula is C20H26N2O4. The molecule has 2 fully saturated rings. The average Bonchev–Trinajstić information content (AvgIpc) is 3.03. The number of ether oxygens (including phenoxy) is 2. The van der Waals surface area contributed by atoms with E-state index < -0.39 is 12.2 Å². The first-order chi connectivity index (χ1) is 12.5. The summed E-state index contributed by atoms with van der Waals surface area (Å²) in [5.74, 6) is 3.24. The van der Waals surface area contributed by atoms with Crippen LogP contribution in [0, 0.1) is 18.8 Å². The van der Waals surface area contributed by atoms with Crippen molar-refractivity contribution in [2.75, 3.05) is 32.2 Å². The van der Waals surface area contributed by atoms with Gasteiger partial charge in [0, 0.05) is 18.5 Å². The Morgan fingerprint density at radius 1 is 1.00 bits per heavy atom. The van der Waals surface area contributed by atoms with Gasteiger partial charge in [-0.05, 0) is 55.4 Å². The molecule has 6 nitrogen and oxygen atoms in total. The van der Waals surface area contributed by atoms with Crippen LogP contribution in [0.5, 0.6) is 11.5 Å². The molecule has 1 saturated heterocycles. The van der Waals surface area contributed by atoms with Gasteiger partial charge >= 0.3 is 0 Å². The van der Waals surface area contributed by atoms with Gasteiger partial charge < -0.3 is 24.6 Å². The molecule has 0 spiro atoms. The first-order valence-electron chi connectivity index (χ1n) is 9.15. The normalized spacial score (nSPS) is 28.3. The third-order valence-corrected chi connectivity index (χ3v) is 5.94. The highest BCUT2D eigenvalue weighted by Gasteiger charge is 2.41. The highest BCUT2D eigenvalue weighted by atomic mass is 16.5. The van der Waals surface area contributed by atoms with Crippen LogP contribution in [0.2, 0.25) is 0 Å². The summed E-state index contributed by atoms with van der Waals surface area (Å²) in [5.41, 5.74) is 1.90. The number of methoxy groups -OCH3 is 2. The second-order valence-corrected chi connectivity index (χ2v) is 7.52. The van der Waals surface area contributed by atoms with Crippen molar-refractivity contribution in [3.8, 4) is 11.5 Å². The number of pyridine rings is 1. The zero-order valence-electron chi connectivity index (χ0n) is 15.5. The van der Waals surface area contributed by atoms with Gasteiger partial charge in [0.05, 0.1) is 26.4 Å². The van der Waals surface area contributed by atoms with Gasteiger partial charge in [0.15, 0.2) is 0 Å². The summed E-state index contributed by atoms with van der Waals surface area (Å²) in [4.78, 5) is 7.16. The first-order valence-corrected chi connectivity index (χ1v) is 9.15. The maximum absolute atomic E-state index is 9.98. The number of aliphatic hydroxyl groups excluding tert-OH is 2. The van der Waals surface area contributed by atoms with E-state index in [1.54, 1.807) is 14.2 Å². The summed E-state index contributed by atoms with van der Waals surface area (Å²) < 4.78 is 11.0. The second kappa shape index (κ2) is 6.59. The molecule has 2 aromatic rings. The van der Waals surface area contributed by atoms with Gasteiger partial charge in [-0.15, -0.1) is 0 Å². The molecule has 140 valence electrons. The topological polar surface area (TPSA) is 75.1 Å². The van der Waals surface area contributed by atoms with Crippen molar-refractivity contribution in [2.24, 2.45) is 11.8 Å². The molecule has 4 rings (SSSR count). The molecule has 1 aliphatic carbocycles. The summed E-state index contributed by atoms with van der Waals surface area (Å²) >= 11 is 0. The number of aliphatic hydroxyl groups is 2. The second-order valence-electron chi connectivity index (χ2n) is 7.52. The molecule has 4 atom stereocenters. The Bertz CT molecular complexity index is 807. The minimum Gasteiger partial charge on any atom is -0.496 e. The number of hydrogen-bond donors (Lipinski definition) is 2. The van der Waals surface area contributed by atoms with Crippen LogP contribution in [0.15, 0.2) is 18.2 Å². The number of aryl methyl sites for hydroxylation is 1. The number of nitrogens with zero attached hydrogens (tertiary/aromatic N) is 2. The molecule has 0 bridgehead atoms. The van der Waals surface area contributed by atoms with Crippen molar-refractivity contribution in [1.82, 2.24) is 4.98 Å². The smallest absolute Gasteiger partial charge is 0.145 e. The predicted octanol–water partition coefficient (Wildman–Crippen LogP) is 2.13. The lowest BCUT2D eigenvalue weighted by Crippen LogP contribution is -2.38. The fourth-order valence-corrected chi connectivity index (χ4v) is 4.55. The van der Waals surface area contributed by atoms with Crippen LogP contribution >= 0.6 is 0 Å². The number of hydrogen-bond acceptors (Lipinski definition) is 6. The third-order valence-electron chi connectivity index (χ3n) is 5.94. The Morgan fingerprint density at radius 3 is 2.15 bits per heavy atom. The van der Waals surface area contributed by atoms with Crippen LogP contribution in [0.3, 0.4) is 0 Å². The monoisotopic (exact) mass is 358 g/mol. The Morgan fingerprint density at radius 2 is 1.58 bits per heavy atom. The number of rotatable bonds is 3. The van der Waals surface area contributed by atoms with E-state index in [0.717, 1.165) is 46.9 Å². The average molecular weight is 358 g/mol. The third kappa shape index (κ3) is 2.77. The van der Waals surface area contributed by atoms with Crippen molar-refractivity contribution in [2.45, 2.75) is 32.0 Å². The highest BCUT2D eigenvalue weighted by molar-refractivity contribution is 5.94. The highest BCUT2D eigenvalue weighted by Crippen LogP contribution is 2.40. The van der Waals surface area contributed by atoms with Gasteiger partial charge in [-0.3, -0.25) is 0 Å². The Balaban J connectivity index is 1.72. The molecule has 1 aromatic carbocycles. The van der Waals surface area contributed by atoms with Gasteiger partial charge in [-0.2, -0.15) is 0 Å². The van der Waals surface area contributed by atoms with Crippen LogP contribution in [0.25, 0.3) is 10.9 Å². The molecule has 6 heteroatoms. The molecular weight excluding hydrogens is 332 g/mol. The summed E-state index contributed by atoms with van der Waals surface area (Å²) in [6, 6.07) is 5.88. The van der Waals surface area contributed by atoms with Gasteiger partial charge in [-0.1, -0.05) is 0 Å². The SMILES string of the molecule is COc1ccc(OC)c2c(C)cc(N3C[C@H]4C[C@H](O)[C@H](O)C[C@H]4C3)nc12. The molecule has 0 amide bonds. The van der Waals surface area contributed by atoms with Crippen LogP contribution in [-0.2, 0) is 0 Å². The predicted molar refractivity (Wildman–Crippen MR) is 100 cm³/mol. The molecule has 1 aromatic heterocycles. The van der Waals surface area contributed by atoms with E-state index in [1.807, 2.05) is 12.1 Å². The van der Waals surface area contributed by atoms with E-state index in [4.69, 9.17) is 14.5 Å². The molecule has 26 heavy (non-hydrogen) atoms. The lowest BCUT2D eigenvalue weighted by atomic mass is 9.79. The van der Waals surface area contributed by atoms with E-state index in [0.29, 0.717) is 24.7 Å². The summed E-state index contributed by atoms with van der Waals surface area (Å²) in [7, 11) is 3.31. The van der Waals surface area contributed by atoms with E-state index in [1.165, 1.54) is 0 Å². The van der Waals surface area contributed by atoms with Crippen LogP contribution < -0.4 is 14.4 Å². The Labute approximate surface area is 153 Å². The number of fused-ring (bicyclic) bond motifs is 2. The number of anilines is 1. The van der Waals surface area contributed by atoms with E-state index in [2.05, 4.69) is 17.9 Å². The van der Waals surface area contributed by atoms with Crippen molar-refractivity contribution < 1.29 is 19.7 Å². The van der Waals surface area contributed by atoms with Gasteiger partial charge in [0.2, 0.25) is 0 Å². The quantitative estimate of drug-likeness (QED) is 0.876. The Kier molecular flexibility index (Phi) is 4.40. The van der Waals surface area contributed by atoms with Gasteiger partial charge in [-0.25, -0.2) is 4.98 Å². The zero-order chi connectivity index (χ0) is 18.4. The van der Waals surface area contributed by atoms with E-state index >= 15 is 0 Å². The van der Waals surface area contributed by atoms with Crippen molar-refractivity contribution in [3.05, 3.63) is 23.8 Å². The van der Waals surface area contributed by atoms with E-state index in [-0.39, 0.29) is 0 Å². The number of aromatic nitrogens is 1. The standard InChI is InChI=1S/C20H26N2O4/c1-11-6-18(21-20-17(26-3)5-4-16(25-2)19(11)20)22-9-12-7-14(23)15(24)8-13(12)10-22/h4-6,12-15,23-24H,7-10H2,1-3H3/t12-,13+,14+,15-. The minimum atomic E-state index is -0.605. The maximum Gasteiger partial charge on any atom is 0.145 e. The summed E-state index contributed by atoms with van der Waals surface area (Å²) in [6.45, 7) is 3.78. The molecule has 2 heterocycles. The first kappa shape index (κ1) is 17.4. The fraction of sp³-hybridized carbons (Fsp3) is 0.550. The summed E-state index contributed by atoms with van der Waals surface area (Å²) in [5, 5.41) is 20.9. The molecule has 2 N–H and O–H groups in total. The van der Waals surface area contributed by atoms with Crippen LogP contribution in [0.4, 0.5) is 5.82 Å². The fourth-order valence-electron chi connectivity index (χ4n) is 4.55. The maximum atomic E-state index is 9.98. The molecule has 1 saturated carbocycles. The lowest BCUT2D eigenvalue weighted by Gasteiger charge is -2.31. The van der Waals surface area contributed by atoms with Crippen molar-refractivity contribution >= 4 is 16.7 Å². The molecule has 1 aliphatic heterocycles. The largest absolute Gasteiger partial charge is 0.496 e. The summed E-state index contributed by atoms with van der Waals surface area (Å²) in [6.07, 6.45) is 0.108. The number of benzene rings is 1.